The lowest BCUT2D eigenvalue weighted by Gasteiger charge is -2.33. The molecule has 1 aromatic carbocycles. The monoisotopic (exact) mass is 450 g/mol. The lowest BCUT2D eigenvalue weighted by atomic mass is 10.1. The average Bonchev–Trinajstić information content (AvgIpc) is 2.75. The number of rotatable bonds is 9. The molecule has 9 heteroatoms. The van der Waals surface area contributed by atoms with Gasteiger partial charge in [-0.05, 0) is 11.6 Å². The normalized spacial score (nSPS) is 15.2. The first-order chi connectivity index (χ1) is 14.7. The number of hydrogen-bond donors (Lipinski definition) is 0. The Morgan fingerprint density at radius 3 is 2.35 bits per heavy atom. The molecule has 0 aliphatic carbocycles. The number of likely N-dealkylation sites (N-methyl/N-ethyl adjacent to an activating group) is 1. The van der Waals surface area contributed by atoms with Crippen molar-refractivity contribution >= 4 is 26.0 Å². The number of morpholine rings is 1. The van der Waals surface area contributed by atoms with E-state index in [9.17, 15) is 14.4 Å². The molecule has 1 aliphatic rings. The van der Waals surface area contributed by atoms with E-state index < -0.39 is 26.2 Å². The first-order valence-electron chi connectivity index (χ1n) is 10.6. The topological polar surface area (TPSA) is 85.4 Å². The summed E-state index contributed by atoms with van der Waals surface area (Å²) >= 11 is 0. The molecule has 1 atom stereocenters. The minimum absolute atomic E-state index is 0.114. The highest BCUT2D eigenvalue weighted by molar-refractivity contribution is 6.76. The van der Waals surface area contributed by atoms with Crippen molar-refractivity contribution in [2.45, 2.75) is 44.8 Å². The third-order valence-corrected chi connectivity index (χ3v) is 6.75. The number of benzene rings is 1. The van der Waals surface area contributed by atoms with E-state index >= 15 is 0 Å². The summed E-state index contributed by atoms with van der Waals surface area (Å²) in [4.78, 5) is 41.0. The summed E-state index contributed by atoms with van der Waals surface area (Å²) in [6.45, 7) is 8.70. The van der Waals surface area contributed by atoms with Crippen LogP contribution in [0.5, 0.6) is 0 Å². The van der Waals surface area contributed by atoms with Gasteiger partial charge in [-0.3, -0.25) is 14.5 Å². The number of hydrogen-bond acceptors (Lipinski definition) is 6. The van der Waals surface area contributed by atoms with Crippen LogP contribution in [-0.2, 0) is 30.4 Å². The van der Waals surface area contributed by atoms with E-state index in [2.05, 4.69) is 19.6 Å². The van der Waals surface area contributed by atoms with Crippen LogP contribution in [-0.4, -0.2) is 81.8 Å². The van der Waals surface area contributed by atoms with Crippen molar-refractivity contribution in [2.75, 3.05) is 40.0 Å². The number of carbonyl (C=O) groups is 3. The predicted octanol–water partition coefficient (Wildman–Crippen LogP) is 2.75. The number of ether oxygens (including phenoxy) is 3. The van der Waals surface area contributed by atoms with Crippen molar-refractivity contribution in [3.8, 4) is 0 Å². The van der Waals surface area contributed by atoms with E-state index in [-0.39, 0.29) is 18.9 Å². The second kappa shape index (κ2) is 11.9. The summed E-state index contributed by atoms with van der Waals surface area (Å²) in [5, 5.41) is 0. The molecule has 1 aromatic rings. The van der Waals surface area contributed by atoms with Crippen molar-refractivity contribution in [2.24, 2.45) is 0 Å². The van der Waals surface area contributed by atoms with Crippen LogP contribution < -0.4 is 0 Å². The quantitative estimate of drug-likeness (QED) is 0.425. The fraction of sp³-hybridized carbons (Fsp3) is 0.591. The molecule has 1 fully saturated rings. The van der Waals surface area contributed by atoms with Gasteiger partial charge in [-0.1, -0.05) is 50.0 Å². The number of nitrogens with zero attached hydrogens (tertiary/aromatic N) is 2. The third-order valence-electron chi connectivity index (χ3n) is 5.04. The van der Waals surface area contributed by atoms with Crippen LogP contribution in [0.4, 0.5) is 4.79 Å². The molecular formula is C22H34N2O6Si. The van der Waals surface area contributed by atoms with Gasteiger partial charge in [0.1, 0.15) is 12.6 Å². The molecule has 1 aliphatic heterocycles. The van der Waals surface area contributed by atoms with Crippen LogP contribution in [0.25, 0.3) is 0 Å². The molecule has 0 N–H and O–H groups in total. The predicted molar refractivity (Wildman–Crippen MR) is 119 cm³/mol. The van der Waals surface area contributed by atoms with E-state index in [1.54, 1.807) is 4.90 Å². The third kappa shape index (κ3) is 8.70. The van der Waals surface area contributed by atoms with Gasteiger partial charge >= 0.3 is 12.1 Å². The summed E-state index contributed by atoms with van der Waals surface area (Å²) in [7, 11) is 0.128. The van der Waals surface area contributed by atoms with Crippen LogP contribution in [0.3, 0.4) is 0 Å². The Hall–Kier alpha value is -2.39. The maximum Gasteiger partial charge on any atom is 0.410 e. The van der Waals surface area contributed by atoms with Gasteiger partial charge < -0.3 is 19.1 Å². The van der Waals surface area contributed by atoms with E-state index in [0.29, 0.717) is 32.9 Å². The van der Waals surface area contributed by atoms with Gasteiger partial charge in [-0.25, -0.2) is 4.79 Å². The van der Waals surface area contributed by atoms with E-state index in [0.717, 1.165) is 11.6 Å². The largest absolute Gasteiger partial charge is 0.461 e. The zero-order valence-corrected chi connectivity index (χ0v) is 20.0. The Morgan fingerprint density at radius 1 is 1.10 bits per heavy atom. The van der Waals surface area contributed by atoms with Crippen LogP contribution in [0.15, 0.2) is 30.3 Å². The highest BCUT2D eigenvalue weighted by Gasteiger charge is 2.34. The van der Waals surface area contributed by atoms with Gasteiger partial charge in [0, 0.05) is 28.2 Å². The second-order valence-electron chi connectivity index (χ2n) is 8.84. The minimum atomic E-state index is -1.36. The van der Waals surface area contributed by atoms with Crippen molar-refractivity contribution in [3.63, 3.8) is 0 Å². The SMILES string of the molecule is CN(C(=O)OCC[Si](C)(C)C)C(CC(=O)OCc1ccccc1)C(=O)N1CCOCC1. The Morgan fingerprint density at radius 2 is 1.74 bits per heavy atom. The van der Waals surface area contributed by atoms with E-state index in [1.165, 1.54) is 11.9 Å². The molecular weight excluding hydrogens is 416 g/mol. The molecule has 0 aromatic heterocycles. The lowest BCUT2D eigenvalue weighted by molar-refractivity contribution is -0.151. The Kier molecular flexibility index (Phi) is 9.51. The first kappa shape index (κ1) is 24.9. The minimum Gasteiger partial charge on any atom is -0.461 e. The zero-order valence-electron chi connectivity index (χ0n) is 19.0. The summed E-state index contributed by atoms with van der Waals surface area (Å²) in [5.74, 6) is -0.846. The molecule has 0 saturated carbocycles. The maximum absolute atomic E-state index is 13.1. The second-order valence-corrected chi connectivity index (χ2v) is 14.5. The van der Waals surface area contributed by atoms with E-state index in [4.69, 9.17) is 14.2 Å². The molecule has 172 valence electrons. The molecule has 2 amide bonds. The fourth-order valence-corrected chi connectivity index (χ4v) is 3.73. The summed E-state index contributed by atoms with van der Waals surface area (Å²) in [5.41, 5.74) is 0.853. The highest BCUT2D eigenvalue weighted by atomic mass is 28.3. The average molecular weight is 451 g/mol. The first-order valence-corrected chi connectivity index (χ1v) is 14.3. The number of carbonyl (C=O) groups excluding carboxylic acids is 3. The Balaban J connectivity index is 2.01. The zero-order chi connectivity index (χ0) is 22.9. The van der Waals surface area contributed by atoms with Crippen LogP contribution in [0.1, 0.15) is 12.0 Å². The van der Waals surface area contributed by atoms with Crippen LogP contribution >= 0.6 is 0 Å². The number of esters is 1. The molecule has 2 rings (SSSR count). The van der Waals surface area contributed by atoms with Crippen molar-refractivity contribution in [1.29, 1.82) is 0 Å². The van der Waals surface area contributed by atoms with Gasteiger partial charge in [-0.15, -0.1) is 0 Å². The Bertz CT molecular complexity index is 731. The number of amides is 2. The van der Waals surface area contributed by atoms with Gasteiger partial charge in [0.2, 0.25) is 5.91 Å². The molecule has 1 saturated heterocycles. The van der Waals surface area contributed by atoms with Crippen molar-refractivity contribution in [1.82, 2.24) is 9.80 Å². The Labute approximate surface area is 185 Å². The van der Waals surface area contributed by atoms with E-state index in [1.807, 2.05) is 30.3 Å². The summed E-state index contributed by atoms with van der Waals surface area (Å²) in [6.07, 6.45) is -0.844. The molecule has 8 nitrogen and oxygen atoms in total. The van der Waals surface area contributed by atoms with Crippen LogP contribution in [0, 0.1) is 0 Å². The van der Waals surface area contributed by atoms with Gasteiger partial charge in [0.05, 0.1) is 26.2 Å². The van der Waals surface area contributed by atoms with Crippen molar-refractivity contribution in [3.05, 3.63) is 35.9 Å². The van der Waals surface area contributed by atoms with Gasteiger partial charge in [0.15, 0.2) is 0 Å². The molecule has 1 unspecified atom stereocenters. The van der Waals surface area contributed by atoms with Crippen molar-refractivity contribution < 1.29 is 28.6 Å². The summed E-state index contributed by atoms with van der Waals surface area (Å²) < 4.78 is 16.0. The lowest BCUT2D eigenvalue weighted by Crippen LogP contribution is -2.53. The van der Waals surface area contributed by atoms with Crippen LogP contribution in [0.2, 0.25) is 25.7 Å². The molecule has 31 heavy (non-hydrogen) atoms. The standard InChI is InChI=1S/C22H34N2O6Si/c1-23(22(27)29-14-15-31(2,3)4)19(21(26)24-10-12-28-13-11-24)16-20(25)30-17-18-8-6-5-7-9-18/h5-9,19H,10-17H2,1-4H3. The molecule has 0 spiro atoms. The molecule has 1 heterocycles. The maximum atomic E-state index is 13.1. The highest BCUT2D eigenvalue weighted by Crippen LogP contribution is 2.14. The smallest absolute Gasteiger partial charge is 0.410 e. The summed E-state index contributed by atoms with van der Waals surface area (Å²) in [6, 6.07) is 9.15. The molecule has 0 radical (unpaired) electrons. The van der Waals surface area contributed by atoms with Gasteiger partial charge in [-0.2, -0.15) is 0 Å². The van der Waals surface area contributed by atoms with Gasteiger partial charge in [0.25, 0.3) is 0 Å². The fourth-order valence-electron chi connectivity index (χ4n) is 3.01. The molecule has 0 bridgehead atoms.